The molecule has 0 fully saturated rings. The fourth-order valence-electron chi connectivity index (χ4n) is 2.72. The Morgan fingerprint density at radius 1 is 1.09 bits per heavy atom. The molecule has 2 rings (SSSR count). The van der Waals surface area contributed by atoms with Gasteiger partial charge >= 0.3 is 11.9 Å². The van der Waals surface area contributed by atoms with Crippen molar-refractivity contribution >= 4 is 34.2 Å². The highest BCUT2D eigenvalue weighted by molar-refractivity contribution is 7.89. The predicted molar refractivity (Wildman–Crippen MR) is 112 cm³/mol. The minimum atomic E-state index is -4.15. The Bertz CT molecular complexity index is 1190. The fraction of sp³-hybridized carbons (Fsp3) is 0.200. The summed E-state index contributed by atoms with van der Waals surface area (Å²) in [6.45, 7) is -0.250. The van der Waals surface area contributed by atoms with E-state index in [1.54, 1.807) is 0 Å². The number of aliphatic carboxylic acids is 1. The van der Waals surface area contributed by atoms with Crippen LogP contribution in [0.3, 0.4) is 0 Å². The third kappa shape index (κ3) is 6.51. The van der Waals surface area contributed by atoms with Crippen molar-refractivity contribution in [2.45, 2.75) is 23.9 Å². The van der Waals surface area contributed by atoms with Gasteiger partial charge in [0.05, 0.1) is 30.0 Å². The van der Waals surface area contributed by atoms with Gasteiger partial charge in [-0.1, -0.05) is 6.07 Å². The summed E-state index contributed by atoms with van der Waals surface area (Å²) in [5.74, 6) is -4.07. The zero-order chi connectivity index (χ0) is 24.8. The minimum Gasteiger partial charge on any atom is -0.507 e. The zero-order valence-electron chi connectivity index (χ0n) is 17.1. The van der Waals surface area contributed by atoms with E-state index in [9.17, 15) is 32.7 Å². The topological polar surface area (TPSA) is 196 Å². The van der Waals surface area contributed by atoms with Crippen molar-refractivity contribution in [1.29, 1.82) is 0 Å². The van der Waals surface area contributed by atoms with Gasteiger partial charge in [-0.25, -0.2) is 17.9 Å². The molecular formula is C20H20N2O10S. The van der Waals surface area contributed by atoms with Gasteiger partial charge in [-0.3, -0.25) is 9.59 Å². The van der Waals surface area contributed by atoms with Crippen molar-refractivity contribution in [1.82, 2.24) is 10.0 Å². The number of nitrogens with one attached hydrogen (secondary N) is 2. The maximum absolute atomic E-state index is 12.5. The normalized spacial score (nSPS) is 11.9. The number of phenols is 1. The highest BCUT2D eigenvalue weighted by Gasteiger charge is 2.21. The molecule has 0 aliphatic carbocycles. The van der Waals surface area contributed by atoms with Crippen LogP contribution in [0.5, 0.6) is 11.5 Å². The molecular weight excluding hydrogens is 460 g/mol. The number of carbonyl (C=O) groups excluding carboxylic acids is 2. The number of carboxylic acids is 2. The van der Waals surface area contributed by atoms with Crippen LogP contribution in [0.4, 0.5) is 0 Å². The highest BCUT2D eigenvalue weighted by atomic mass is 32.2. The van der Waals surface area contributed by atoms with E-state index < -0.39 is 51.6 Å². The first kappa shape index (κ1) is 25.3. The smallest absolute Gasteiger partial charge is 0.339 e. The quantitative estimate of drug-likeness (QED) is 0.280. The molecule has 12 nitrogen and oxygen atoms in total. The number of benzene rings is 2. The van der Waals surface area contributed by atoms with E-state index in [-0.39, 0.29) is 22.8 Å². The summed E-state index contributed by atoms with van der Waals surface area (Å²) in [6.07, 6.45) is -0.307. The minimum absolute atomic E-state index is 0.00835. The highest BCUT2D eigenvalue weighted by Crippen LogP contribution is 2.23. The summed E-state index contributed by atoms with van der Waals surface area (Å²) in [5, 5.41) is 29.6. The molecule has 0 aliphatic heterocycles. The molecule has 0 heterocycles. The molecule has 0 spiro atoms. The lowest BCUT2D eigenvalue weighted by Crippen LogP contribution is -2.37. The number of aldehydes is 1. The average Bonchev–Trinajstić information content (AvgIpc) is 2.76. The number of carboxylic acid groups (broad SMARTS) is 2. The average molecular weight is 480 g/mol. The van der Waals surface area contributed by atoms with Crippen LogP contribution in [-0.4, -0.2) is 61.0 Å². The molecule has 0 aromatic heterocycles. The molecule has 1 atom stereocenters. The summed E-state index contributed by atoms with van der Waals surface area (Å²) in [6, 6.07) is 5.64. The molecule has 2 aromatic carbocycles. The summed E-state index contributed by atoms with van der Waals surface area (Å²) < 4.78 is 32.4. The van der Waals surface area contributed by atoms with Crippen LogP contribution in [0.1, 0.15) is 32.7 Å². The van der Waals surface area contributed by atoms with E-state index in [1.165, 1.54) is 25.3 Å². The Labute approximate surface area is 187 Å². The van der Waals surface area contributed by atoms with Gasteiger partial charge in [-0.2, -0.15) is 0 Å². The van der Waals surface area contributed by atoms with Crippen LogP contribution >= 0.6 is 0 Å². The predicted octanol–water partition coefficient (Wildman–Crippen LogP) is 0.350. The largest absolute Gasteiger partial charge is 0.507 e. The molecule has 176 valence electrons. The molecule has 0 saturated carbocycles. The van der Waals surface area contributed by atoms with E-state index >= 15 is 0 Å². The number of sulfonamides is 1. The van der Waals surface area contributed by atoms with Crippen LogP contribution in [0.25, 0.3) is 0 Å². The van der Waals surface area contributed by atoms with Crippen molar-refractivity contribution in [3.63, 3.8) is 0 Å². The van der Waals surface area contributed by atoms with Gasteiger partial charge in [-0.15, -0.1) is 0 Å². The van der Waals surface area contributed by atoms with Gasteiger partial charge in [0.1, 0.15) is 23.3 Å². The maximum atomic E-state index is 12.5. The lowest BCUT2D eigenvalue weighted by molar-refractivity contribution is -0.138. The van der Waals surface area contributed by atoms with Crippen LogP contribution < -0.4 is 14.8 Å². The molecule has 0 saturated heterocycles. The fourth-order valence-corrected chi connectivity index (χ4v) is 3.76. The van der Waals surface area contributed by atoms with Crippen LogP contribution in [-0.2, 0) is 26.2 Å². The second-order valence-corrected chi connectivity index (χ2v) is 8.42. The maximum Gasteiger partial charge on any atom is 0.339 e. The van der Waals surface area contributed by atoms with E-state index in [0.717, 1.165) is 18.2 Å². The third-order valence-electron chi connectivity index (χ3n) is 4.36. The van der Waals surface area contributed by atoms with Gasteiger partial charge in [0.25, 0.3) is 5.91 Å². The van der Waals surface area contributed by atoms with Crippen LogP contribution in [0.2, 0.25) is 0 Å². The Kier molecular flexibility index (Phi) is 8.10. The molecule has 0 unspecified atom stereocenters. The van der Waals surface area contributed by atoms with Crippen molar-refractivity contribution in [2.75, 3.05) is 7.11 Å². The third-order valence-corrected chi connectivity index (χ3v) is 5.76. The Morgan fingerprint density at radius 2 is 1.79 bits per heavy atom. The summed E-state index contributed by atoms with van der Waals surface area (Å²) in [7, 11) is -2.88. The van der Waals surface area contributed by atoms with Crippen molar-refractivity contribution in [3.05, 3.63) is 53.1 Å². The summed E-state index contributed by atoms with van der Waals surface area (Å²) >= 11 is 0. The first-order valence-electron chi connectivity index (χ1n) is 9.19. The molecule has 0 aliphatic rings. The molecule has 33 heavy (non-hydrogen) atoms. The monoisotopic (exact) mass is 480 g/mol. The standard InChI is InChI=1S/C20H20N2O10S/c1-32-17-6-11(2-4-14(17)19(27)22-12(10-23)7-18(25)26)9-21-33(30,31)13-3-5-16(24)15(8-13)20(28)29/h2-6,8,10,12,21,24H,7,9H2,1H3,(H,22,27)(H,25,26)(H,28,29)/t12-/m0/s1. The summed E-state index contributed by atoms with van der Waals surface area (Å²) in [4.78, 5) is 44.8. The molecule has 5 N–H and O–H groups in total. The molecule has 0 bridgehead atoms. The number of rotatable bonds is 11. The number of aromatic hydroxyl groups is 1. The van der Waals surface area contributed by atoms with Gasteiger partial charge in [0, 0.05) is 6.54 Å². The number of aromatic carboxylic acids is 1. The Balaban J connectivity index is 2.19. The Morgan fingerprint density at radius 3 is 2.36 bits per heavy atom. The van der Waals surface area contributed by atoms with E-state index in [4.69, 9.17) is 14.9 Å². The molecule has 1 amide bonds. The lowest BCUT2D eigenvalue weighted by Gasteiger charge is -2.14. The number of methoxy groups -OCH3 is 1. The number of ether oxygens (including phenoxy) is 1. The number of hydrogen-bond donors (Lipinski definition) is 5. The van der Waals surface area contributed by atoms with Crippen molar-refractivity contribution < 1.29 is 47.7 Å². The Hall–Kier alpha value is -3.97. The number of amides is 1. The summed E-state index contributed by atoms with van der Waals surface area (Å²) in [5.41, 5.74) is -0.209. The van der Waals surface area contributed by atoms with Crippen molar-refractivity contribution in [2.24, 2.45) is 0 Å². The second kappa shape index (κ2) is 10.6. The first-order chi connectivity index (χ1) is 15.5. The SMILES string of the molecule is COc1cc(CNS(=O)(=O)c2ccc(O)c(C(=O)O)c2)ccc1C(=O)N[C@H](C=O)CC(=O)O. The van der Waals surface area contributed by atoms with Crippen LogP contribution in [0, 0.1) is 0 Å². The van der Waals surface area contributed by atoms with Gasteiger partial charge in [-0.05, 0) is 35.9 Å². The van der Waals surface area contributed by atoms with E-state index in [2.05, 4.69) is 10.0 Å². The van der Waals surface area contributed by atoms with E-state index in [0.29, 0.717) is 11.8 Å². The molecule has 13 heteroatoms. The number of hydrogen-bond acceptors (Lipinski definition) is 8. The first-order valence-corrected chi connectivity index (χ1v) is 10.7. The van der Waals surface area contributed by atoms with Gasteiger partial charge in [0.2, 0.25) is 10.0 Å². The second-order valence-electron chi connectivity index (χ2n) is 6.66. The zero-order valence-corrected chi connectivity index (χ0v) is 18.0. The van der Waals surface area contributed by atoms with Gasteiger partial charge < -0.3 is 30.2 Å². The van der Waals surface area contributed by atoms with Crippen LogP contribution in [0.15, 0.2) is 41.3 Å². The molecule has 0 radical (unpaired) electrons. The lowest BCUT2D eigenvalue weighted by atomic mass is 10.1. The molecule has 2 aromatic rings. The van der Waals surface area contributed by atoms with E-state index in [1.807, 2.05) is 0 Å². The van der Waals surface area contributed by atoms with Gasteiger partial charge in [0.15, 0.2) is 0 Å². The van der Waals surface area contributed by atoms with Crippen molar-refractivity contribution in [3.8, 4) is 11.5 Å². The number of carbonyl (C=O) groups is 4.